The lowest BCUT2D eigenvalue weighted by molar-refractivity contribution is -0.119. The van der Waals surface area contributed by atoms with Crippen LogP contribution in [0.4, 0.5) is 0 Å². The number of carbonyl (C=O) groups excluding carboxylic acids is 1. The summed E-state index contributed by atoms with van der Waals surface area (Å²) in [5, 5.41) is 9.96. The van der Waals surface area contributed by atoms with E-state index in [0.717, 1.165) is 11.1 Å². The average Bonchev–Trinajstić information content (AvgIpc) is 3.28. The van der Waals surface area contributed by atoms with Crippen LogP contribution in [0.25, 0.3) is 17.3 Å². The van der Waals surface area contributed by atoms with Crippen molar-refractivity contribution in [3.05, 3.63) is 48.5 Å². The van der Waals surface area contributed by atoms with Gasteiger partial charge in [-0.2, -0.15) is 4.98 Å². The number of amides is 1. The predicted octanol–water partition coefficient (Wildman–Crippen LogP) is 1.26. The lowest BCUT2D eigenvalue weighted by Gasteiger charge is -2.07. The van der Waals surface area contributed by atoms with Gasteiger partial charge in [-0.1, -0.05) is 24.3 Å². The first-order chi connectivity index (χ1) is 10.8. The Morgan fingerprint density at radius 3 is 2.77 bits per heavy atom. The highest BCUT2D eigenvalue weighted by atomic mass is 16.1. The zero-order valence-corrected chi connectivity index (χ0v) is 11.7. The third kappa shape index (κ3) is 2.26. The van der Waals surface area contributed by atoms with E-state index < -0.39 is 0 Å². The Labute approximate surface area is 126 Å². The van der Waals surface area contributed by atoms with E-state index in [9.17, 15) is 4.79 Å². The Morgan fingerprint density at radius 1 is 1.23 bits per heavy atom. The van der Waals surface area contributed by atoms with Crippen LogP contribution in [-0.2, 0) is 4.79 Å². The van der Waals surface area contributed by atoms with Crippen molar-refractivity contribution >= 4 is 5.91 Å². The summed E-state index contributed by atoms with van der Waals surface area (Å²) in [6.45, 7) is 0.714. The fraction of sp³-hybridized carbons (Fsp3) is 0.200. The molecule has 110 valence electrons. The Kier molecular flexibility index (Phi) is 2.96. The van der Waals surface area contributed by atoms with Gasteiger partial charge in [-0.3, -0.25) is 14.5 Å². The molecule has 7 heteroatoms. The molecule has 0 aliphatic carbocycles. The third-order valence-electron chi connectivity index (χ3n) is 3.84. The molecule has 0 spiro atoms. The molecule has 2 N–H and O–H groups in total. The number of aromatic nitrogens is 5. The number of H-pyrrole nitrogens is 1. The van der Waals surface area contributed by atoms with Crippen LogP contribution in [0.5, 0.6) is 0 Å². The van der Waals surface area contributed by atoms with Gasteiger partial charge in [-0.15, -0.1) is 5.10 Å². The molecule has 1 saturated heterocycles. The molecule has 1 amide bonds. The minimum atomic E-state index is 0.120. The van der Waals surface area contributed by atoms with Gasteiger partial charge in [0.25, 0.3) is 5.95 Å². The second-order valence-electron chi connectivity index (χ2n) is 5.28. The molecule has 3 aromatic rings. The Bertz CT molecular complexity index is 790. The number of imidazole rings is 1. The zero-order chi connectivity index (χ0) is 14.9. The zero-order valence-electron chi connectivity index (χ0n) is 11.7. The molecule has 1 aromatic carbocycles. The van der Waals surface area contributed by atoms with Gasteiger partial charge in [0, 0.05) is 36.8 Å². The fourth-order valence-corrected chi connectivity index (χ4v) is 2.63. The molecule has 1 aliphatic heterocycles. The minimum Gasteiger partial charge on any atom is -0.355 e. The largest absolute Gasteiger partial charge is 0.355 e. The van der Waals surface area contributed by atoms with Gasteiger partial charge in [-0.05, 0) is 5.56 Å². The van der Waals surface area contributed by atoms with E-state index in [1.807, 2.05) is 24.3 Å². The van der Waals surface area contributed by atoms with Crippen LogP contribution in [0.15, 0.2) is 43.0 Å². The van der Waals surface area contributed by atoms with Crippen LogP contribution in [0.3, 0.4) is 0 Å². The standard InChI is InChI=1S/C15H14N6O/c22-13-7-12(8-17-13)10-1-3-11(4-2-10)14-18-15(20-19-14)21-6-5-16-9-21/h1-6,9,12H,7-8H2,(H,17,22)(H,18,19,20). The SMILES string of the molecule is O=C1CC(c2ccc(-c3nc(-n4ccnc4)n[nH]3)cc2)CN1. The number of aromatic amines is 1. The number of benzene rings is 1. The minimum absolute atomic E-state index is 0.120. The van der Waals surface area contributed by atoms with Gasteiger partial charge in [0.2, 0.25) is 5.91 Å². The second kappa shape index (κ2) is 5.10. The quantitative estimate of drug-likeness (QED) is 0.761. The summed E-state index contributed by atoms with van der Waals surface area (Å²) in [5.74, 6) is 1.64. The maximum Gasteiger partial charge on any atom is 0.254 e. The molecule has 22 heavy (non-hydrogen) atoms. The van der Waals surface area contributed by atoms with Gasteiger partial charge in [0.05, 0.1) is 0 Å². The summed E-state index contributed by atoms with van der Waals surface area (Å²) in [6, 6.07) is 8.08. The first-order valence-electron chi connectivity index (χ1n) is 7.07. The van der Waals surface area contributed by atoms with Gasteiger partial charge in [0.1, 0.15) is 6.33 Å². The summed E-state index contributed by atoms with van der Waals surface area (Å²) < 4.78 is 1.74. The number of rotatable bonds is 3. The molecule has 0 radical (unpaired) electrons. The lowest BCUT2D eigenvalue weighted by atomic mass is 9.97. The highest BCUT2D eigenvalue weighted by molar-refractivity contribution is 5.79. The molecule has 1 atom stereocenters. The Morgan fingerprint density at radius 2 is 2.09 bits per heavy atom. The molecule has 1 unspecified atom stereocenters. The summed E-state index contributed by atoms with van der Waals surface area (Å²) in [6.07, 6.45) is 5.69. The first-order valence-corrected chi connectivity index (χ1v) is 7.07. The average molecular weight is 294 g/mol. The van der Waals surface area contributed by atoms with E-state index in [0.29, 0.717) is 24.7 Å². The van der Waals surface area contributed by atoms with E-state index in [1.165, 1.54) is 0 Å². The van der Waals surface area contributed by atoms with Crippen molar-refractivity contribution in [2.45, 2.75) is 12.3 Å². The lowest BCUT2D eigenvalue weighted by Crippen LogP contribution is -2.13. The molecule has 0 saturated carbocycles. The van der Waals surface area contributed by atoms with Crippen LogP contribution in [-0.4, -0.2) is 37.2 Å². The maximum atomic E-state index is 11.3. The monoisotopic (exact) mass is 294 g/mol. The van der Waals surface area contributed by atoms with Gasteiger partial charge in [-0.25, -0.2) is 4.98 Å². The fourth-order valence-electron chi connectivity index (χ4n) is 2.63. The summed E-state index contributed by atoms with van der Waals surface area (Å²) >= 11 is 0. The topological polar surface area (TPSA) is 88.5 Å². The van der Waals surface area contributed by atoms with E-state index in [2.05, 4.69) is 25.5 Å². The molecule has 1 aliphatic rings. The molecular weight excluding hydrogens is 280 g/mol. The number of carbonyl (C=O) groups is 1. The van der Waals surface area contributed by atoms with Crippen LogP contribution in [0.1, 0.15) is 17.9 Å². The Balaban J connectivity index is 1.57. The number of hydrogen-bond acceptors (Lipinski definition) is 4. The van der Waals surface area contributed by atoms with Crippen LogP contribution in [0, 0.1) is 0 Å². The Hall–Kier alpha value is -2.96. The molecule has 7 nitrogen and oxygen atoms in total. The van der Waals surface area contributed by atoms with E-state index in [-0.39, 0.29) is 11.8 Å². The van der Waals surface area contributed by atoms with Crippen molar-refractivity contribution < 1.29 is 4.79 Å². The maximum absolute atomic E-state index is 11.3. The molecule has 0 bridgehead atoms. The smallest absolute Gasteiger partial charge is 0.254 e. The third-order valence-corrected chi connectivity index (χ3v) is 3.84. The van der Waals surface area contributed by atoms with E-state index in [4.69, 9.17) is 0 Å². The van der Waals surface area contributed by atoms with E-state index in [1.54, 1.807) is 23.3 Å². The molecule has 3 heterocycles. The van der Waals surface area contributed by atoms with Gasteiger partial charge < -0.3 is 5.32 Å². The normalized spacial score (nSPS) is 17.6. The van der Waals surface area contributed by atoms with Crippen LogP contribution >= 0.6 is 0 Å². The van der Waals surface area contributed by atoms with Gasteiger partial charge >= 0.3 is 0 Å². The summed E-state index contributed by atoms with van der Waals surface area (Å²) in [4.78, 5) is 19.7. The van der Waals surface area contributed by atoms with Crippen molar-refractivity contribution in [2.75, 3.05) is 6.54 Å². The molecule has 2 aromatic heterocycles. The van der Waals surface area contributed by atoms with Crippen molar-refractivity contribution in [2.24, 2.45) is 0 Å². The van der Waals surface area contributed by atoms with E-state index >= 15 is 0 Å². The second-order valence-corrected chi connectivity index (χ2v) is 5.28. The first kappa shape index (κ1) is 12.8. The molecule has 4 rings (SSSR count). The van der Waals surface area contributed by atoms with Crippen LogP contribution in [0.2, 0.25) is 0 Å². The van der Waals surface area contributed by atoms with Crippen LogP contribution < -0.4 is 5.32 Å². The van der Waals surface area contributed by atoms with Crippen molar-refractivity contribution in [3.63, 3.8) is 0 Å². The van der Waals surface area contributed by atoms with Gasteiger partial charge in [0.15, 0.2) is 5.82 Å². The highest BCUT2D eigenvalue weighted by Gasteiger charge is 2.22. The highest BCUT2D eigenvalue weighted by Crippen LogP contribution is 2.25. The summed E-state index contributed by atoms with van der Waals surface area (Å²) in [7, 11) is 0. The summed E-state index contributed by atoms with van der Waals surface area (Å²) in [5.41, 5.74) is 2.12. The van der Waals surface area contributed by atoms with Crippen molar-refractivity contribution in [3.8, 4) is 17.3 Å². The predicted molar refractivity (Wildman–Crippen MR) is 79.3 cm³/mol. The van der Waals surface area contributed by atoms with Crippen molar-refractivity contribution in [1.82, 2.24) is 30.0 Å². The molecular formula is C15H14N6O. The van der Waals surface area contributed by atoms with Crippen molar-refractivity contribution in [1.29, 1.82) is 0 Å². The molecule has 1 fully saturated rings. The number of nitrogens with one attached hydrogen (secondary N) is 2. The number of nitrogens with zero attached hydrogens (tertiary/aromatic N) is 4. The number of hydrogen-bond donors (Lipinski definition) is 2.